The molecule has 0 aliphatic carbocycles. The van der Waals surface area contributed by atoms with Crippen LogP contribution in [0.25, 0.3) is 10.3 Å². The molecule has 2 aromatic heterocycles. The first-order chi connectivity index (χ1) is 7.33. The number of thiazole rings is 1. The Morgan fingerprint density at radius 1 is 1.47 bits per heavy atom. The van der Waals surface area contributed by atoms with Crippen molar-refractivity contribution in [2.45, 2.75) is 12.5 Å². The van der Waals surface area contributed by atoms with Gasteiger partial charge in [0, 0.05) is 19.1 Å². The van der Waals surface area contributed by atoms with Crippen molar-refractivity contribution < 1.29 is 0 Å². The summed E-state index contributed by atoms with van der Waals surface area (Å²) in [5, 5.41) is 0. The van der Waals surface area contributed by atoms with Gasteiger partial charge in [0.25, 0.3) is 0 Å². The minimum Gasteiger partial charge on any atom is -0.355 e. The van der Waals surface area contributed by atoms with Gasteiger partial charge < -0.3 is 10.6 Å². The molecule has 0 radical (unpaired) electrons. The summed E-state index contributed by atoms with van der Waals surface area (Å²) in [6.07, 6.45) is 1.06. The topological polar surface area (TPSA) is 55.0 Å². The molecule has 2 N–H and O–H groups in total. The molecule has 3 rings (SSSR count). The van der Waals surface area contributed by atoms with Crippen LogP contribution < -0.4 is 10.6 Å². The molecule has 0 saturated carbocycles. The van der Waals surface area contributed by atoms with Crippen molar-refractivity contribution in [3.63, 3.8) is 0 Å². The Hall–Kier alpha value is -1.20. The molecule has 2 aromatic rings. The van der Waals surface area contributed by atoms with Crippen LogP contribution in [-0.4, -0.2) is 29.1 Å². The summed E-state index contributed by atoms with van der Waals surface area (Å²) in [4.78, 5) is 12.0. The molecule has 1 aliphatic heterocycles. The van der Waals surface area contributed by atoms with E-state index in [2.05, 4.69) is 14.9 Å². The van der Waals surface area contributed by atoms with Crippen molar-refractivity contribution in [3.8, 4) is 0 Å². The maximum atomic E-state index is 5.88. The Bertz CT molecular complexity index is 481. The number of rotatable bonds is 1. The van der Waals surface area contributed by atoms with Crippen molar-refractivity contribution >= 4 is 27.5 Å². The second-order valence-electron chi connectivity index (χ2n) is 3.84. The lowest BCUT2D eigenvalue weighted by molar-refractivity contribution is 0.751. The molecule has 0 spiro atoms. The predicted molar refractivity (Wildman–Crippen MR) is 62.2 cm³/mol. The second kappa shape index (κ2) is 3.43. The van der Waals surface area contributed by atoms with Crippen LogP contribution in [-0.2, 0) is 0 Å². The van der Waals surface area contributed by atoms with Crippen LogP contribution in [0.3, 0.4) is 0 Å². The van der Waals surface area contributed by atoms with Crippen molar-refractivity contribution in [2.75, 3.05) is 18.0 Å². The monoisotopic (exact) mass is 220 g/mol. The van der Waals surface area contributed by atoms with E-state index in [0.29, 0.717) is 6.04 Å². The predicted octanol–water partition coefficient (Wildman–Crippen LogP) is 1.23. The second-order valence-corrected chi connectivity index (χ2v) is 4.67. The van der Waals surface area contributed by atoms with E-state index in [0.717, 1.165) is 35.7 Å². The molecule has 3 heterocycles. The van der Waals surface area contributed by atoms with Crippen LogP contribution in [0.5, 0.6) is 0 Å². The highest BCUT2D eigenvalue weighted by Crippen LogP contribution is 2.22. The van der Waals surface area contributed by atoms with E-state index in [1.807, 2.05) is 17.6 Å². The van der Waals surface area contributed by atoms with Gasteiger partial charge in [-0.25, -0.2) is 9.97 Å². The van der Waals surface area contributed by atoms with Crippen molar-refractivity contribution in [1.29, 1.82) is 0 Å². The maximum Gasteiger partial charge on any atom is 0.145 e. The van der Waals surface area contributed by atoms with Crippen LogP contribution >= 0.6 is 11.3 Å². The summed E-state index contributed by atoms with van der Waals surface area (Å²) < 4.78 is 0. The highest BCUT2D eigenvalue weighted by Gasteiger charge is 2.20. The zero-order valence-electron chi connectivity index (χ0n) is 8.26. The van der Waals surface area contributed by atoms with E-state index in [1.165, 1.54) is 0 Å². The highest BCUT2D eigenvalue weighted by molar-refractivity contribution is 7.16. The molecular formula is C10H12N4S. The average Bonchev–Trinajstić information content (AvgIpc) is 2.84. The summed E-state index contributed by atoms with van der Waals surface area (Å²) in [6, 6.07) is 4.35. The van der Waals surface area contributed by atoms with Gasteiger partial charge in [-0.3, -0.25) is 0 Å². The minimum absolute atomic E-state index is 0.295. The lowest BCUT2D eigenvalue weighted by Gasteiger charge is -2.16. The van der Waals surface area contributed by atoms with Crippen LogP contribution in [0.4, 0.5) is 5.82 Å². The Morgan fingerprint density at radius 3 is 3.20 bits per heavy atom. The fourth-order valence-electron chi connectivity index (χ4n) is 1.91. The summed E-state index contributed by atoms with van der Waals surface area (Å²) in [7, 11) is 0. The summed E-state index contributed by atoms with van der Waals surface area (Å²) in [6.45, 7) is 1.93. The zero-order chi connectivity index (χ0) is 10.3. The molecule has 1 fully saturated rings. The van der Waals surface area contributed by atoms with E-state index < -0.39 is 0 Å². The molecule has 1 atom stereocenters. The van der Waals surface area contributed by atoms with Crippen LogP contribution in [0, 0.1) is 0 Å². The Morgan fingerprint density at radius 2 is 2.40 bits per heavy atom. The first-order valence-electron chi connectivity index (χ1n) is 5.04. The summed E-state index contributed by atoms with van der Waals surface area (Å²) in [5.41, 5.74) is 8.69. The number of nitrogens with zero attached hydrogens (tertiary/aromatic N) is 3. The molecule has 0 bridgehead atoms. The molecule has 0 aromatic carbocycles. The zero-order valence-corrected chi connectivity index (χ0v) is 9.07. The van der Waals surface area contributed by atoms with Crippen LogP contribution in [0.2, 0.25) is 0 Å². The van der Waals surface area contributed by atoms with Gasteiger partial charge in [-0.1, -0.05) is 0 Å². The normalized spacial score (nSPS) is 21.4. The molecule has 5 heteroatoms. The minimum atomic E-state index is 0.295. The Labute approximate surface area is 91.7 Å². The van der Waals surface area contributed by atoms with Crippen molar-refractivity contribution in [3.05, 3.63) is 17.6 Å². The number of aromatic nitrogens is 2. The molecule has 0 amide bonds. The Kier molecular flexibility index (Phi) is 2.07. The standard InChI is InChI=1S/C10H12N4S/c11-7-3-4-14(5-7)9-2-1-8-10(13-9)15-6-12-8/h1-2,6-7H,3-5,11H2. The van der Waals surface area contributed by atoms with Crippen LogP contribution in [0.1, 0.15) is 6.42 Å². The van der Waals surface area contributed by atoms with E-state index in [4.69, 9.17) is 5.73 Å². The van der Waals surface area contributed by atoms with Crippen LogP contribution in [0.15, 0.2) is 17.6 Å². The first kappa shape index (κ1) is 9.06. The van der Waals surface area contributed by atoms with Gasteiger partial charge in [0.05, 0.1) is 5.51 Å². The maximum absolute atomic E-state index is 5.88. The molecule has 1 saturated heterocycles. The number of fused-ring (bicyclic) bond motifs is 1. The van der Waals surface area contributed by atoms with Gasteiger partial charge in [-0.15, -0.1) is 11.3 Å². The van der Waals surface area contributed by atoms with E-state index >= 15 is 0 Å². The van der Waals surface area contributed by atoms with Gasteiger partial charge in [0.15, 0.2) is 0 Å². The molecule has 78 valence electrons. The third kappa shape index (κ3) is 1.57. The average molecular weight is 220 g/mol. The summed E-state index contributed by atoms with van der Waals surface area (Å²) >= 11 is 1.58. The number of pyridine rings is 1. The van der Waals surface area contributed by atoms with E-state index in [9.17, 15) is 0 Å². The van der Waals surface area contributed by atoms with Crippen molar-refractivity contribution in [2.24, 2.45) is 5.73 Å². The van der Waals surface area contributed by atoms with Gasteiger partial charge >= 0.3 is 0 Å². The van der Waals surface area contributed by atoms with E-state index in [1.54, 1.807) is 11.3 Å². The smallest absolute Gasteiger partial charge is 0.145 e. The lowest BCUT2D eigenvalue weighted by Crippen LogP contribution is -2.26. The van der Waals surface area contributed by atoms with E-state index in [-0.39, 0.29) is 0 Å². The molecule has 1 unspecified atom stereocenters. The fourth-order valence-corrected chi connectivity index (χ4v) is 2.57. The quantitative estimate of drug-likeness (QED) is 0.785. The molecule has 15 heavy (non-hydrogen) atoms. The van der Waals surface area contributed by atoms with Gasteiger partial charge in [0.2, 0.25) is 0 Å². The molecule has 4 nitrogen and oxygen atoms in total. The van der Waals surface area contributed by atoms with Gasteiger partial charge in [-0.05, 0) is 18.6 Å². The highest BCUT2D eigenvalue weighted by atomic mass is 32.1. The fraction of sp³-hybridized carbons (Fsp3) is 0.400. The lowest BCUT2D eigenvalue weighted by atomic mass is 10.3. The SMILES string of the molecule is NC1CCN(c2ccc3ncsc3n2)C1. The third-order valence-electron chi connectivity index (χ3n) is 2.73. The van der Waals surface area contributed by atoms with Gasteiger partial charge in [-0.2, -0.15) is 0 Å². The molecule has 1 aliphatic rings. The largest absolute Gasteiger partial charge is 0.355 e. The van der Waals surface area contributed by atoms with Gasteiger partial charge in [0.1, 0.15) is 16.2 Å². The Balaban J connectivity index is 1.97. The summed E-state index contributed by atoms with van der Waals surface area (Å²) in [5.74, 6) is 1.03. The first-order valence-corrected chi connectivity index (χ1v) is 5.92. The number of hydrogen-bond donors (Lipinski definition) is 1. The number of hydrogen-bond acceptors (Lipinski definition) is 5. The number of nitrogens with two attached hydrogens (primary N) is 1. The third-order valence-corrected chi connectivity index (χ3v) is 3.46. The number of anilines is 1. The van der Waals surface area contributed by atoms with Crippen molar-refractivity contribution in [1.82, 2.24) is 9.97 Å². The molecular weight excluding hydrogens is 208 g/mol.